The van der Waals surface area contributed by atoms with Gasteiger partial charge in [0, 0.05) is 4.47 Å². The van der Waals surface area contributed by atoms with E-state index in [2.05, 4.69) is 15.9 Å². The highest BCUT2D eigenvalue weighted by molar-refractivity contribution is 9.10. The van der Waals surface area contributed by atoms with Gasteiger partial charge in [-0.05, 0) is 28.1 Å². The Morgan fingerprint density at radius 3 is 2.50 bits per heavy atom. The maximum atomic E-state index is 13.1. The molecule has 0 spiro atoms. The molecule has 0 aliphatic heterocycles. The standard InChI is InChI=1S/C8H3BrClFO3/c9-4-2-6(11)3(1-5(4)10)7(12)8(13)14/h1-2H,(H,13,14). The van der Waals surface area contributed by atoms with Crippen LogP contribution in [0.5, 0.6) is 0 Å². The van der Waals surface area contributed by atoms with Crippen LogP contribution in [0.2, 0.25) is 5.02 Å². The molecule has 0 heterocycles. The lowest BCUT2D eigenvalue weighted by molar-refractivity contribution is -0.131. The third-order valence-corrected chi connectivity index (χ3v) is 2.65. The second-order valence-electron chi connectivity index (χ2n) is 2.38. The van der Waals surface area contributed by atoms with E-state index in [-0.39, 0.29) is 9.50 Å². The molecule has 0 amide bonds. The van der Waals surface area contributed by atoms with Crippen LogP contribution >= 0.6 is 27.5 Å². The van der Waals surface area contributed by atoms with Crippen molar-refractivity contribution in [1.82, 2.24) is 0 Å². The summed E-state index contributed by atoms with van der Waals surface area (Å²) in [6.45, 7) is 0. The molecule has 0 bridgehead atoms. The minimum Gasteiger partial charge on any atom is -0.475 e. The third-order valence-electron chi connectivity index (χ3n) is 1.45. The number of aliphatic carboxylic acids is 1. The molecule has 0 fully saturated rings. The summed E-state index contributed by atoms with van der Waals surface area (Å²) in [5, 5.41) is 8.43. The molecule has 1 aromatic rings. The second kappa shape index (κ2) is 4.06. The van der Waals surface area contributed by atoms with Crippen molar-refractivity contribution < 1.29 is 19.1 Å². The first kappa shape index (κ1) is 11.1. The van der Waals surface area contributed by atoms with Gasteiger partial charge in [0.2, 0.25) is 0 Å². The van der Waals surface area contributed by atoms with E-state index in [4.69, 9.17) is 16.7 Å². The molecule has 1 aromatic carbocycles. The Balaban J connectivity index is 3.29. The predicted molar refractivity (Wildman–Crippen MR) is 51.1 cm³/mol. The number of ketones is 1. The Kier molecular flexibility index (Phi) is 3.23. The number of carbonyl (C=O) groups is 2. The van der Waals surface area contributed by atoms with Crippen molar-refractivity contribution in [3.8, 4) is 0 Å². The lowest BCUT2D eigenvalue weighted by Crippen LogP contribution is -2.14. The summed E-state index contributed by atoms with van der Waals surface area (Å²) in [5.74, 6) is -3.96. The molecule has 0 saturated carbocycles. The van der Waals surface area contributed by atoms with E-state index in [1.807, 2.05) is 0 Å². The van der Waals surface area contributed by atoms with Crippen molar-refractivity contribution in [2.24, 2.45) is 0 Å². The predicted octanol–water partition coefficient (Wildman–Crippen LogP) is 2.51. The zero-order valence-corrected chi connectivity index (χ0v) is 8.89. The van der Waals surface area contributed by atoms with Gasteiger partial charge in [-0.1, -0.05) is 11.6 Å². The van der Waals surface area contributed by atoms with Crippen molar-refractivity contribution in [2.45, 2.75) is 0 Å². The molecule has 0 radical (unpaired) electrons. The highest BCUT2D eigenvalue weighted by Crippen LogP contribution is 2.25. The molecule has 0 saturated heterocycles. The molecule has 0 unspecified atom stereocenters. The fraction of sp³-hybridized carbons (Fsp3) is 0. The monoisotopic (exact) mass is 280 g/mol. The molecule has 14 heavy (non-hydrogen) atoms. The maximum Gasteiger partial charge on any atom is 0.377 e. The number of halogens is 3. The molecule has 3 nitrogen and oxygen atoms in total. The number of benzene rings is 1. The van der Waals surface area contributed by atoms with Gasteiger partial charge in [0.25, 0.3) is 5.78 Å². The van der Waals surface area contributed by atoms with Gasteiger partial charge >= 0.3 is 5.97 Å². The van der Waals surface area contributed by atoms with E-state index in [1.165, 1.54) is 0 Å². The van der Waals surface area contributed by atoms with Gasteiger partial charge in [-0.2, -0.15) is 0 Å². The first-order valence-electron chi connectivity index (χ1n) is 3.35. The van der Waals surface area contributed by atoms with Gasteiger partial charge in [-0.15, -0.1) is 0 Å². The van der Waals surface area contributed by atoms with Crippen LogP contribution in [-0.4, -0.2) is 16.9 Å². The summed E-state index contributed by atoms with van der Waals surface area (Å²) < 4.78 is 13.3. The summed E-state index contributed by atoms with van der Waals surface area (Å²) in [6.07, 6.45) is 0. The number of hydrogen-bond donors (Lipinski definition) is 1. The van der Waals surface area contributed by atoms with Crippen molar-refractivity contribution in [2.75, 3.05) is 0 Å². The average Bonchev–Trinajstić information content (AvgIpc) is 2.10. The number of Topliss-reactive ketones (excluding diaryl/α,β-unsaturated/α-hetero) is 1. The van der Waals surface area contributed by atoms with Crippen LogP contribution in [0.15, 0.2) is 16.6 Å². The quantitative estimate of drug-likeness (QED) is 0.515. The van der Waals surface area contributed by atoms with E-state index in [1.54, 1.807) is 0 Å². The summed E-state index contributed by atoms with van der Waals surface area (Å²) >= 11 is 8.51. The van der Waals surface area contributed by atoms with Crippen molar-refractivity contribution in [1.29, 1.82) is 0 Å². The van der Waals surface area contributed by atoms with Crippen LogP contribution in [-0.2, 0) is 4.79 Å². The van der Waals surface area contributed by atoms with E-state index < -0.39 is 23.1 Å². The van der Waals surface area contributed by atoms with E-state index in [0.29, 0.717) is 0 Å². The van der Waals surface area contributed by atoms with Crippen LogP contribution in [0.25, 0.3) is 0 Å². The van der Waals surface area contributed by atoms with Crippen molar-refractivity contribution >= 4 is 39.3 Å². The van der Waals surface area contributed by atoms with Gasteiger partial charge in [0.15, 0.2) is 0 Å². The summed E-state index contributed by atoms with van der Waals surface area (Å²) in [7, 11) is 0. The highest BCUT2D eigenvalue weighted by atomic mass is 79.9. The number of carboxylic acid groups (broad SMARTS) is 1. The lowest BCUT2D eigenvalue weighted by Gasteiger charge is -2.01. The van der Waals surface area contributed by atoms with Crippen molar-refractivity contribution in [3.05, 3.63) is 33.0 Å². The summed E-state index contributed by atoms with van der Waals surface area (Å²) in [5.41, 5.74) is -0.550. The molecule has 0 aliphatic rings. The third kappa shape index (κ3) is 2.10. The highest BCUT2D eigenvalue weighted by Gasteiger charge is 2.20. The Morgan fingerprint density at radius 2 is 2.00 bits per heavy atom. The molecular formula is C8H3BrClFO3. The molecule has 0 atom stereocenters. The fourth-order valence-electron chi connectivity index (χ4n) is 0.812. The normalized spacial score (nSPS) is 9.93. The Hall–Kier alpha value is -0.940. The first-order valence-corrected chi connectivity index (χ1v) is 4.52. The largest absolute Gasteiger partial charge is 0.475 e. The number of rotatable bonds is 2. The van der Waals surface area contributed by atoms with Gasteiger partial charge in [-0.25, -0.2) is 9.18 Å². The molecule has 0 aliphatic carbocycles. The van der Waals surface area contributed by atoms with Crippen LogP contribution in [0.3, 0.4) is 0 Å². The zero-order valence-electron chi connectivity index (χ0n) is 6.55. The van der Waals surface area contributed by atoms with Crippen molar-refractivity contribution in [3.63, 3.8) is 0 Å². The van der Waals surface area contributed by atoms with Crippen LogP contribution < -0.4 is 0 Å². The first-order chi connectivity index (χ1) is 6.43. The molecular weight excluding hydrogens is 278 g/mol. The lowest BCUT2D eigenvalue weighted by atomic mass is 10.1. The van der Waals surface area contributed by atoms with E-state index in [0.717, 1.165) is 12.1 Å². The molecule has 0 aromatic heterocycles. The van der Waals surface area contributed by atoms with Gasteiger partial charge in [0.1, 0.15) is 5.82 Å². The molecule has 74 valence electrons. The Bertz CT molecular complexity index is 419. The van der Waals surface area contributed by atoms with Crippen LogP contribution in [0, 0.1) is 5.82 Å². The van der Waals surface area contributed by atoms with Gasteiger partial charge in [0.05, 0.1) is 10.6 Å². The topological polar surface area (TPSA) is 54.4 Å². The minimum atomic E-state index is -1.72. The van der Waals surface area contributed by atoms with Gasteiger partial charge < -0.3 is 5.11 Å². The van der Waals surface area contributed by atoms with E-state index in [9.17, 15) is 14.0 Å². The average molecular weight is 281 g/mol. The zero-order chi connectivity index (χ0) is 10.9. The van der Waals surface area contributed by atoms with Crippen LogP contribution in [0.1, 0.15) is 10.4 Å². The second-order valence-corrected chi connectivity index (χ2v) is 3.64. The number of carbonyl (C=O) groups excluding carboxylic acids is 1. The summed E-state index contributed by atoms with van der Waals surface area (Å²) in [6, 6.07) is 1.91. The smallest absolute Gasteiger partial charge is 0.377 e. The van der Waals surface area contributed by atoms with E-state index >= 15 is 0 Å². The molecule has 1 rings (SSSR count). The summed E-state index contributed by atoms with van der Waals surface area (Å²) in [4.78, 5) is 21.2. The SMILES string of the molecule is O=C(O)C(=O)c1cc(Cl)c(Br)cc1F. The maximum absolute atomic E-state index is 13.1. The number of carboxylic acids is 1. The molecule has 6 heteroatoms. The number of hydrogen-bond acceptors (Lipinski definition) is 2. The fourth-order valence-corrected chi connectivity index (χ4v) is 1.29. The van der Waals surface area contributed by atoms with Crippen LogP contribution in [0.4, 0.5) is 4.39 Å². The Morgan fingerprint density at radius 1 is 1.43 bits per heavy atom. The molecule has 1 N–H and O–H groups in total. The minimum absolute atomic E-state index is 0.0796. The Labute approximate surface area is 91.6 Å². The van der Waals surface area contributed by atoms with Gasteiger partial charge in [-0.3, -0.25) is 4.79 Å².